The van der Waals surface area contributed by atoms with Crippen molar-refractivity contribution in [2.75, 3.05) is 0 Å². The van der Waals surface area contributed by atoms with E-state index in [2.05, 4.69) is 4.40 Å². The van der Waals surface area contributed by atoms with Gasteiger partial charge in [0.05, 0.1) is 11.3 Å². The van der Waals surface area contributed by atoms with Crippen molar-refractivity contribution >= 4 is 17.1 Å². The van der Waals surface area contributed by atoms with Gasteiger partial charge >= 0.3 is 0 Å². The summed E-state index contributed by atoms with van der Waals surface area (Å²) in [6, 6.07) is 3.70. The first-order valence-corrected chi connectivity index (χ1v) is 6.79. The summed E-state index contributed by atoms with van der Waals surface area (Å²) in [5, 5.41) is 0. The van der Waals surface area contributed by atoms with Crippen LogP contribution >= 0.6 is 0 Å². The lowest BCUT2D eigenvalue weighted by Crippen LogP contribution is -2.26. The molecule has 0 amide bonds. The number of hydrogen-bond acceptors (Lipinski definition) is 2. The minimum atomic E-state index is -2.89. The summed E-state index contributed by atoms with van der Waals surface area (Å²) in [5.74, 6) is -1.01. The highest BCUT2D eigenvalue weighted by Crippen LogP contribution is 2.25. The number of benzene rings is 1. The summed E-state index contributed by atoms with van der Waals surface area (Å²) in [7, 11) is 0. The smallest absolute Gasteiger partial charge is 0.266 e. The molecule has 1 aromatic rings. The van der Waals surface area contributed by atoms with Gasteiger partial charge in [0.1, 0.15) is 21.9 Å². The molecule has 0 aliphatic rings. The Labute approximate surface area is 114 Å². The van der Waals surface area contributed by atoms with Gasteiger partial charge in [0, 0.05) is 5.56 Å². The van der Waals surface area contributed by atoms with E-state index in [0.717, 1.165) is 6.07 Å². The van der Waals surface area contributed by atoms with Crippen LogP contribution in [0.2, 0.25) is 0 Å². The molecule has 0 aliphatic heterocycles. The van der Waals surface area contributed by atoms with Crippen molar-refractivity contribution in [3.8, 4) is 0 Å². The summed E-state index contributed by atoms with van der Waals surface area (Å²) in [6.45, 7) is 6.64. The standard InChI is InChI=1S/C13H16F3NOS/c1-8(17-19(18)13(2,3)4)9-6-5-7-10(11(9)14)12(15)16/h5-7,12H,1-4H3/b17-8-/t19-/m1/s1. The van der Waals surface area contributed by atoms with Crippen LogP contribution in [0.1, 0.15) is 45.2 Å². The second-order valence-electron chi connectivity index (χ2n) is 5.05. The first-order chi connectivity index (χ1) is 8.64. The van der Waals surface area contributed by atoms with Crippen LogP contribution in [-0.2, 0) is 11.4 Å². The molecule has 1 aromatic carbocycles. The van der Waals surface area contributed by atoms with Crippen molar-refractivity contribution in [3.63, 3.8) is 0 Å². The molecule has 6 heteroatoms. The van der Waals surface area contributed by atoms with Crippen LogP contribution in [0.5, 0.6) is 0 Å². The molecule has 0 saturated carbocycles. The Balaban J connectivity index is 3.17. The van der Waals surface area contributed by atoms with Crippen LogP contribution in [0.15, 0.2) is 22.6 Å². The third-order valence-corrected chi connectivity index (χ3v) is 3.88. The fraction of sp³-hybridized carbons (Fsp3) is 0.462. The van der Waals surface area contributed by atoms with E-state index in [1.807, 2.05) is 0 Å². The number of halogens is 3. The van der Waals surface area contributed by atoms with Crippen LogP contribution in [0.3, 0.4) is 0 Å². The second-order valence-corrected chi connectivity index (χ2v) is 6.95. The van der Waals surface area contributed by atoms with Gasteiger partial charge in [-0.2, -0.15) is 0 Å². The van der Waals surface area contributed by atoms with E-state index in [9.17, 15) is 17.7 Å². The molecule has 0 spiro atoms. The number of nitrogens with zero attached hydrogens (tertiary/aromatic N) is 1. The van der Waals surface area contributed by atoms with Crippen LogP contribution < -0.4 is 0 Å². The maximum absolute atomic E-state index is 13.9. The third-order valence-electron chi connectivity index (χ3n) is 2.40. The van der Waals surface area contributed by atoms with E-state index in [1.165, 1.54) is 19.1 Å². The van der Waals surface area contributed by atoms with Crippen molar-refractivity contribution < 1.29 is 17.7 Å². The molecule has 0 heterocycles. The maximum Gasteiger partial charge on any atom is 0.266 e. The molecule has 0 N–H and O–H groups in total. The molecular formula is C13H16F3NOS. The van der Waals surface area contributed by atoms with E-state index >= 15 is 0 Å². The highest BCUT2D eigenvalue weighted by molar-refractivity contribution is 7.91. The van der Waals surface area contributed by atoms with Gasteiger partial charge in [-0.3, -0.25) is 0 Å². The first-order valence-electron chi connectivity index (χ1n) is 5.69. The van der Waals surface area contributed by atoms with Crippen LogP contribution in [-0.4, -0.2) is 15.0 Å². The van der Waals surface area contributed by atoms with Gasteiger partial charge < -0.3 is 4.55 Å². The minimum absolute atomic E-state index is 0.0459. The van der Waals surface area contributed by atoms with Crippen LogP contribution in [0.25, 0.3) is 0 Å². The van der Waals surface area contributed by atoms with Crippen molar-refractivity contribution in [3.05, 3.63) is 35.1 Å². The van der Waals surface area contributed by atoms with Crippen LogP contribution in [0, 0.1) is 5.82 Å². The molecular weight excluding hydrogens is 275 g/mol. The van der Waals surface area contributed by atoms with Gasteiger partial charge in [-0.05, 0) is 27.7 Å². The van der Waals surface area contributed by atoms with Gasteiger partial charge in [-0.15, -0.1) is 0 Å². The quantitative estimate of drug-likeness (QED) is 0.611. The SMILES string of the molecule is C/C(=N/[S@+]([O-])C(C)(C)C)c1cccc(C(F)F)c1F. The van der Waals surface area contributed by atoms with E-state index < -0.39 is 33.9 Å². The monoisotopic (exact) mass is 291 g/mol. The summed E-state index contributed by atoms with van der Waals surface area (Å²) in [5.41, 5.74) is -0.572. The zero-order valence-electron chi connectivity index (χ0n) is 11.2. The molecule has 0 saturated heterocycles. The van der Waals surface area contributed by atoms with Gasteiger partial charge in [0.15, 0.2) is 0 Å². The molecule has 0 aromatic heterocycles. The fourth-order valence-electron chi connectivity index (χ4n) is 1.31. The van der Waals surface area contributed by atoms with Gasteiger partial charge in [0.2, 0.25) is 0 Å². The largest absolute Gasteiger partial charge is 0.591 e. The Hall–Kier alpha value is -1.01. The minimum Gasteiger partial charge on any atom is -0.591 e. The molecule has 1 rings (SSSR count). The summed E-state index contributed by atoms with van der Waals surface area (Å²) >= 11 is -1.56. The Morgan fingerprint density at radius 3 is 2.37 bits per heavy atom. The van der Waals surface area contributed by atoms with Gasteiger partial charge in [-0.25, -0.2) is 13.2 Å². The lowest BCUT2D eigenvalue weighted by atomic mass is 10.1. The molecule has 0 aliphatic carbocycles. The van der Waals surface area contributed by atoms with Crippen molar-refractivity contribution in [1.82, 2.24) is 0 Å². The molecule has 106 valence electrons. The molecule has 1 atom stereocenters. The normalized spacial score (nSPS) is 14.9. The maximum atomic E-state index is 13.9. The average Bonchev–Trinajstić information content (AvgIpc) is 2.27. The van der Waals surface area contributed by atoms with E-state index in [4.69, 9.17) is 0 Å². The molecule has 0 radical (unpaired) electrons. The van der Waals surface area contributed by atoms with E-state index in [-0.39, 0.29) is 11.3 Å². The highest BCUT2D eigenvalue weighted by Gasteiger charge is 2.27. The van der Waals surface area contributed by atoms with Crippen molar-refractivity contribution in [2.24, 2.45) is 4.40 Å². The number of rotatable bonds is 3. The Morgan fingerprint density at radius 1 is 1.32 bits per heavy atom. The molecule has 0 fully saturated rings. The summed E-state index contributed by atoms with van der Waals surface area (Å²) < 4.78 is 54.2. The molecule has 0 unspecified atom stereocenters. The van der Waals surface area contributed by atoms with E-state index in [0.29, 0.717) is 0 Å². The van der Waals surface area contributed by atoms with Crippen LogP contribution in [0.4, 0.5) is 13.2 Å². The number of alkyl halides is 2. The average molecular weight is 291 g/mol. The van der Waals surface area contributed by atoms with Crippen molar-refractivity contribution in [1.29, 1.82) is 0 Å². The zero-order chi connectivity index (χ0) is 14.8. The highest BCUT2D eigenvalue weighted by atomic mass is 32.2. The molecule has 2 nitrogen and oxygen atoms in total. The third kappa shape index (κ3) is 3.98. The Morgan fingerprint density at radius 2 is 1.89 bits per heavy atom. The Kier molecular flexibility index (Phi) is 5.04. The first kappa shape index (κ1) is 16.0. The molecule has 0 bridgehead atoms. The second kappa shape index (κ2) is 5.96. The molecule has 19 heavy (non-hydrogen) atoms. The fourth-order valence-corrected chi connectivity index (χ4v) is 1.93. The lowest BCUT2D eigenvalue weighted by molar-refractivity contribution is 0.146. The topological polar surface area (TPSA) is 35.4 Å². The van der Waals surface area contributed by atoms with Gasteiger partial charge in [-0.1, -0.05) is 22.6 Å². The lowest BCUT2D eigenvalue weighted by Gasteiger charge is -2.19. The zero-order valence-corrected chi connectivity index (χ0v) is 12.0. The number of hydrogen-bond donors (Lipinski definition) is 0. The summed E-state index contributed by atoms with van der Waals surface area (Å²) in [6.07, 6.45) is -2.89. The van der Waals surface area contributed by atoms with Gasteiger partial charge in [0.25, 0.3) is 6.43 Å². The predicted octanol–water partition coefficient (Wildman–Crippen LogP) is 4.03. The summed E-state index contributed by atoms with van der Waals surface area (Å²) in [4.78, 5) is 0. The van der Waals surface area contributed by atoms with E-state index in [1.54, 1.807) is 20.8 Å². The Bertz CT molecular complexity index is 483. The van der Waals surface area contributed by atoms with Crippen molar-refractivity contribution in [2.45, 2.75) is 38.9 Å². The predicted molar refractivity (Wildman–Crippen MR) is 71.5 cm³/mol.